The van der Waals surface area contributed by atoms with Crippen LogP contribution in [0.2, 0.25) is 0 Å². The van der Waals surface area contributed by atoms with Gasteiger partial charge in [-0.05, 0) is 85.6 Å². The van der Waals surface area contributed by atoms with Crippen LogP contribution in [0.4, 0.5) is 5.69 Å². The maximum atomic E-state index is 12.6. The van der Waals surface area contributed by atoms with E-state index in [0.717, 1.165) is 22.7 Å². The highest BCUT2D eigenvalue weighted by Crippen LogP contribution is 2.25. The van der Waals surface area contributed by atoms with E-state index in [4.69, 9.17) is 4.74 Å². The molecule has 1 heterocycles. The average Bonchev–Trinajstić information content (AvgIpc) is 3.14. The Balaban J connectivity index is 1.67. The molecule has 0 aliphatic heterocycles. The van der Waals surface area contributed by atoms with Gasteiger partial charge >= 0.3 is 0 Å². The quantitative estimate of drug-likeness (QED) is 0.611. The van der Waals surface area contributed by atoms with Crippen molar-refractivity contribution in [2.24, 2.45) is 0 Å². The lowest BCUT2D eigenvalue weighted by Crippen LogP contribution is -2.22. The van der Waals surface area contributed by atoms with E-state index in [0.29, 0.717) is 11.8 Å². The fraction of sp³-hybridized carbons (Fsp3) is 0.300. The average molecular weight is 398 g/mol. The van der Waals surface area contributed by atoms with Crippen LogP contribution in [-0.4, -0.2) is 38.0 Å². The lowest BCUT2D eigenvalue weighted by Gasteiger charge is -2.12. The molecular weight excluding hydrogens is 374 g/mol. The zero-order valence-corrected chi connectivity index (χ0v) is 17.2. The van der Waals surface area contributed by atoms with Crippen molar-refractivity contribution in [3.05, 3.63) is 53.6 Å². The first kappa shape index (κ1) is 19.9. The molecule has 2 aromatic carbocycles. The van der Waals surface area contributed by atoms with Gasteiger partial charge in [0.2, 0.25) is 11.1 Å². The van der Waals surface area contributed by atoms with Crippen molar-refractivity contribution in [3.63, 3.8) is 0 Å². The molecule has 0 saturated heterocycles. The van der Waals surface area contributed by atoms with Crippen molar-refractivity contribution in [2.75, 3.05) is 11.9 Å². The summed E-state index contributed by atoms with van der Waals surface area (Å²) in [6.45, 7) is 8.47. The van der Waals surface area contributed by atoms with Gasteiger partial charge in [0, 0.05) is 5.69 Å². The van der Waals surface area contributed by atoms with Gasteiger partial charge in [0.15, 0.2) is 0 Å². The Morgan fingerprint density at radius 3 is 2.61 bits per heavy atom. The number of tetrazole rings is 1. The fourth-order valence-corrected chi connectivity index (χ4v) is 3.34. The molecule has 0 aliphatic rings. The third kappa shape index (κ3) is 4.69. The van der Waals surface area contributed by atoms with E-state index in [2.05, 4.69) is 27.8 Å². The standard InChI is InChI=1S/C20H23N5O2S/c1-5-27-18-10-7-16(8-11-18)21-19(26)15(4)28-20-22-23-24-25(20)17-9-6-13(2)14(3)12-17/h6-12,15H,5H2,1-4H3,(H,21,26)/t15-/m1/s1. The summed E-state index contributed by atoms with van der Waals surface area (Å²) >= 11 is 1.31. The summed E-state index contributed by atoms with van der Waals surface area (Å²) in [5.41, 5.74) is 3.95. The number of amides is 1. The molecule has 8 heteroatoms. The highest BCUT2D eigenvalue weighted by atomic mass is 32.2. The molecule has 0 saturated carbocycles. The normalized spacial score (nSPS) is 11.9. The zero-order chi connectivity index (χ0) is 20.1. The van der Waals surface area contributed by atoms with Crippen LogP contribution in [0.5, 0.6) is 5.75 Å². The molecule has 0 aliphatic carbocycles. The largest absolute Gasteiger partial charge is 0.494 e. The number of aryl methyl sites for hydroxylation is 2. The smallest absolute Gasteiger partial charge is 0.237 e. The molecule has 7 nitrogen and oxygen atoms in total. The molecule has 1 N–H and O–H groups in total. The maximum Gasteiger partial charge on any atom is 0.237 e. The molecule has 0 unspecified atom stereocenters. The molecule has 0 spiro atoms. The first-order chi connectivity index (χ1) is 13.5. The topological polar surface area (TPSA) is 81.9 Å². The summed E-state index contributed by atoms with van der Waals surface area (Å²) in [7, 11) is 0. The molecule has 0 bridgehead atoms. The number of carbonyl (C=O) groups excluding carboxylic acids is 1. The van der Waals surface area contributed by atoms with Crippen LogP contribution in [0.1, 0.15) is 25.0 Å². The second-order valence-electron chi connectivity index (χ2n) is 6.35. The van der Waals surface area contributed by atoms with Crippen molar-refractivity contribution in [3.8, 4) is 11.4 Å². The molecular formula is C20H23N5O2S. The Labute approximate surface area is 168 Å². The Morgan fingerprint density at radius 2 is 1.93 bits per heavy atom. The van der Waals surface area contributed by atoms with Crippen molar-refractivity contribution in [1.29, 1.82) is 0 Å². The fourth-order valence-electron chi connectivity index (χ4n) is 2.53. The van der Waals surface area contributed by atoms with Gasteiger partial charge < -0.3 is 10.1 Å². The predicted molar refractivity (Wildman–Crippen MR) is 110 cm³/mol. The number of hydrogen-bond acceptors (Lipinski definition) is 6. The highest BCUT2D eigenvalue weighted by Gasteiger charge is 2.19. The lowest BCUT2D eigenvalue weighted by atomic mass is 10.1. The number of anilines is 1. The molecule has 28 heavy (non-hydrogen) atoms. The molecule has 1 amide bonds. The minimum Gasteiger partial charge on any atom is -0.494 e. The third-order valence-corrected chi connectivity index (χ3v) is 5.29. The molecule has 1 aromatic heterocycles. The summed E-state index contributed by atoms with van der Waals surface area (Å²) in [4.78, 5) is 12.6. The van der Waals surface area contributed by atoms with Crippen LogP contribution in [-0.2, 0) is 4.79 Å². The van der Waals surface area contributed by atoms with Crippen molar-refractivity contribution < 1.29 is 9.53 Å². The van der Waals surface area contributed by atoms with Gasteiger partial charge in [0.05, 0.1) is 17.5 Å². The summed E-state index contributed by atoms with van der Waals surface area (Å²) in [5, 5.41) is 15.0. The second kappa shape index (κ2) is 8.88. The minimum absolute atomic E-state index is 0.121. The van der Waals surface area contributed by atoms with Gasteiger partial charge in [-0.2, -0.15) is 4.68 Å². The number of aromatic nitrogens is 4. The van der Waals surface area contributed by atoms with Crippen molar-refractivity contribution >= 4 is 23.4 Å². The number of thioether (sulfide) groups is 1. The Kier molecular flexibility index (Phi) is 6.30. The van der Waals surface area contributed by atoms with Gasteiger partial charge in [0.1, 0.15) is 5.75 Å². The molecule has 3 rings (SSSR count). The Morgan fingerprint density at radius 1 is 1.18 bits per heavy atom. The molecule has 0 fully saturated rings. The monoisotopic (exact) mass is 397 g/mol. The second-order valence-corrected chi connectivity index (χ2v) is 7.66. The summed E-state index contributed by atoms with van der Waals surface area (Å²) in [6.07, 6.45) is 0. The highest BCUT2D eigenvalue weighted by molar-refractivity contribution is 8.00. The molecule has 146 valence electrons. The molecule has 3 aromatic rings. The summed E-state index contributed by atoms with van der Waals surface area (Å²) in [5.74, 6) is 0.652. The maximum absolute atomic E-state index is 12.6. The van der Waals surface area contributed by atoms with Crippen LogP contribution >= 0.6 is 11.8 Å². The van der Waals surface area contributed by atoms with Gasteiger partial charge in [-0.1, -0.05) is 17.8 Å². The number of nitrogens with one attached hydrogen (secondary N) is 1. The van der Waals surface area contributed by atoms with Crippen molar-refractivity contribution in [1.82, 2.24) is 20.2 Å². The van der Waals surface area contributed by atoms with E-state index >= 15 is 0 Å². The number of ether oxygens (including phenoxy) is 1. The molecule has 1 atom stereocenters. The summed E-state index contributed by atoms with van der Waals surface area (Å²) in [6, 6.07) is 13.3. The number of benzene rings is 2. The van der Waals surface area contributed by atoms with E-state index < -0.39 is 0 Å². The van der Waals surface area contributed by atoms with E-state index in [1.54, 1.807) is 4.68 Å². The number of nitrogens with zero attached hydrogens (tertiary/aromatic N) is 4. The summed E-state index contributed by atoms with van der Waals surface area (Å²) < 4.78 is 7.06. The number of rotatable bonds is 7. The van der Waals surface area contributed by atoms with Crippen LogP contribution in [0.3, 0.4) is 0 Å². The zero-order valence-electron chi connectivity index (χ0n) is 16.3. The van der Waals surface area contributed by atoms with E-state index in [1.807, 2.05) is 63.2 Å². The van der Waals surface area contributed by atoms with Gasteiger partial charge in [-0.15, -0.1) is 5.10 Å². The van der Waals surface area contributed by atoms with Gasteiger partial charge in [-0.25, -0.2) is 0 Å². The predicted octanol–water partition coefficient (Wildman–Crippen LogP) is 3.80. The Bertz CT molecular complexity index is 955. The minimum atomic E-state index is -0.372. The van der Waals surface area contributed by atoms with Gasteiger partial charge in [-0.3, -0.25) is 4.79 Å². The van der Waals surface area contributed by atoms with Crippen LogP contribution in [0, 0.1) is 13.8 Å². The first-order valence-corrected chi connectivity index (χ1v) is 9.92. The Hall–Kier alpha value is -2.87. The van der Waals surface area contributed by atoms with E-state index in [9.17, 15) is 4.79 Å². The first-order valence-electron chi connectivity index (χ1n) is 9.04. The van der Waals surface area contributed by atoms with Crippen molar-refractivity contribution in [2.45, 2.75) is 38.1 Å². The van der Waals surface area contributed by atoms with Gasteiger partial charge in [0.25, 0.3) is 0 Å². The lowest BCUT2D eigenvalue weighted by molar-refractivity contribution is -0.115. The number of carbonyl (C=O) groups is 1. The molecule has 0 radical (unpaired) electrons. The van der Waals surface area contributed by atoms with Crippen LogP contribution in [0.25, 0.3) is 5.69 Å². The van der Waals surface area contributed by atoms with E-state index in [1.165, 1.54) is 17.3 Å². The van der Waals surface area contributed by atoms with Crippen LogP contribution in [0.15, 0.2) is 47.6 Å². The number of hydrogen-bond donors (Lipinski definition) is 1. The van der Waals surface area contributed by atoms with Crippen LogP contribution < -0.4 is 10.1 Å². The SMILES string of the molecule is CCOc1ccc(NC(=O)[C@@H](C)Sc2nnnn2-c2ccc(C)c(C)c2)cc1. The van der Waals surface area contributed by atoms with E-state index in [-0.39, 0.29) is 11.2 Å². The third-order valence-electron chi connectivity index (χ3n) is 4.26.